The van der Waals surface area contributed by atoms with Crippen LogP contribution in [0, 0.1) is 0 Å². The van der Waals surface area contributed by atoms with Crippen molar-refractivity contribution in [1.82, 2.24) is 16.0 Å². The third kappa shape index (κ3) is 23.0. The Kier molecular flexibility index (Phi) is 22.7. The molecule has 3 atom stereocenters. The Morgan fingerprint density at radius 1 is 0.450 bits per heavy atom. The summed E-state index contributed by atoms with van der Waals surface area (Å²) in [6.07, 6.45) is 14.4. The Hall–Kier alpha value is -1.71. The number of ether oxygens (including phenoxy) is 3. The number of carbonyl (C=O) groups is 3. The Labute approximate surface area is 243 Å². The van der Waals surface area contributed by atoms with E-state index < -0.39 is 0 Å². The average molecular weight is 570 g/mol. The molecule has 9 nitrogen and oxygen atoms in total. The first-order valence-electron chi connectivity index (χ1n) is 16.0. The molecule has 234 valence electrons. The van der Waals surface area contributed by atoms with Gasteiger partial charge in [-0.05, 0) is 59.3 Å². The molecule has 0 bridgehead atoms. The minimum Gasteiger partial charge on any atom is -0.464 e. The number of esters is 3. The smallest absolute Gasteiger partial charge is 0.305 e. The zero-order valence-corrected chi connectivity index (χ0v) is 25.7. The molecule has 9 heteroatoms. The van der Waals surface area contributed by atoms with Crippen LogP contribution in [0.5, 0.6) is 0 Å². The first-order valence-corrected chi connectivity index (χ1v) is 16.0. The van der Waals surface area contributed by atoms with Gasteiger partial charge in [-0.2, -0.15) is 0 Å². The van der Waals surface area contributed by atoms with E-state index in [0.29, 0.717) is 76.8 Å². The predicted molar refractivity (Wildman–Crippen MR) is 159 cm³/mol. The summed E-state index contributed by atoms with van der Waals surface area (Å²) in [6, 6.07) is 1.08. The number of hydrogen-bond acceptors (Lipinski definition) is 9. The maximum Gasteiger partial charge on any atom is 0.305 e. The number of rotatable bonds is 0. The van der Waals surface area contributed by atoms with Gasteiger partial charge in [-0.15, -0.1) is 0 Å². The summed E-state index contributed by atoms with van der Waals surface area (Å²) in [4.78, 5) is 35.9. The van der Waals surface area contributed by atoms with Crippen molar-refractivity contribution in [3.63, 3.8) is 0 Å². The molecule has 0 saturated carbocycles. The topological polar surface area (TPSA) is 115 Å². The second kappa shape index (κ2) is 25.0. The highest BCUT2D eigenvalue weighted by molar-refractivity contribution is 5.69. The van der Waals surface area contributed by atoms with Gasteiger partial charge in [0.05, 0.1) is 0 Å². The molecule has 40 heavy (non-hydrogen) atoms. The van der Waals surface area contributed by atoms with Crippen LogP contribution in [0.25, 0.3) is 0 Å². The lowest BCUT2D eigenvalue weighted by molar-refractivity contribution is -0.144. The molecule has 1 heterocycles. The highest BCUT2D eigenvalue weighted by Gasteiger charge is 2.09. The van der Waals surface area contributed by atoms with E-state index in [4.69, 9.17) is 14.2 Å². The molecule has 0 aromatic rings. The van der Waals surface area contributed by atoms with Gasteiger partial charge in [-0.3, -0.25) is 14.4 Å². The highest BCUT2D eigenvalue weighted by Crippen LogP contribution is 2.10. The predicted octanol–water partition coefficient (Wildman–Crippen LogP) is 4.81. The summed E-state index contributed by atoms with van der Waals surface area (Å²) in [5.74, 6) is -0.367. The van der Waals surface area contributed by atoms with Gasteiger partial charge >= 0.3 is 17.9 Å². The van der Waals surface area contributed by atoms with Crippen LogP contribution in [0.2, 0.25) is 0 Å². The lowest BCUT2D eigenvalue weighted by Crippen LogP contribution is -2.30. The normalized spacial score (nSPS) is 27.4. The zero-order chi connectivity index (χ0) is 29.3. The van der Waals surface area contributed by atoms with Crippen molar-refractivity contribution >= 4 is 17.9 Å². The number of carbonyl (C=O) groups excluding carboxylic acids is 3. The minimum absolute atomic E-state index is 0.117. The van der Waals surface area contributed by atoms with Crippen LogP contribution in [-0.4, -0.2) is 75.5 Å². The summed E-state index contributed by atoms with van der Waals surface area (Å²) in [6.45, 7) is 9.64. The molecule has 1 aliphatic heterocycles. The maximum atomic E-state index is 12.0. The van der Waals surface area contributed by atoms with E-state index in [1.807, 2.05) is 0 Å². The lowest BCUT2D eigenvalue weighted by atomic mass is 10.1. The number of hydrogen-bond donors (Lipinski definition) is 3. The van der Waals surface area contributed by atoms with Crippen LogP contribution in [0.1, 0.15) is 124 Å². The van der Waals surface area contributed by atoms with Crippen molar-refractivity contribution in [3.8, 4) is 0 Å². The summed E-state index contributed by atoms with van der Waals surface area (Å²) in [5, 5.41) is 10.2. The minimum atomic E-state index is -0.128. The Balaban J connectivity index is 2.31. The van der Waals surface area contributed by atoms with Crippen molar-refractivity contribution < 1.29 is 28.6 Å². The quantitative estimate of drug-likeness (QED) is 0.279. The van der Waals surface area contributed by atoms with Crippen molar-refractivity contribution in [2.45, 2.75) is 142 Å². The monoisotopic (exact) mass is 569 g/mol. The number of cyclic esters (lactones) is 3. The molecule has 0 radical (unpaired) electrons. The standard InChI is InChI=1S/C31H59N3O6/c1-26-14-8-4-5-11-17-29(35)38-23-21-33-27(2)15-9-6-13-19-31(37)40-25-22-34-28(3)16-10-7-12-18-30(36)39-24-20-32-26/h26-28,32-34H,4-25H2,1-3H3. The van der Waals surface area contributed by atoms with Crippen LogP contribution in [0.3, 0.4) is 0 Å². The molecule has 0 aliphatic carbocycles. The molecule has 3 unspecified atom stereocenters. The first kappa shape index (κ1) is 36.3. The van der Waals surface area contributed by atoms with Gasteiger partial charge in [0.15, 0.2) is 0 Å². The average Bonchev–Trinajstić information content (AvgIpc) is 2.92. The summed E-state index contributed by atoms with van der Waals surface area (Å²) >= 11 is 0. The van der Waals surface area contributed by atoms with Crippen LogP contribution in [0.4, 0.5) is 0 Å². The fourth-order valence-corrected chi connectivity index (χ4v) is 4.80. The van der Waals surface area contributed by atoms with Crippen molar-refractivity contribution in [2.75, 3.05) is 39.5 Å². The van der Waals surface area contributed by atoms with Crippen molar-refractivity contribution in [1.29, 1.82) is 0 Å². The fraction of sp³-hybridized carbons (Fsp3) is 0.903. The lowest BCUT2D eigenvalue weighted by Gasteiger charge is -2.15. The second-order valence-electron chi connectivity index (χ2n) is 11.4. The van der Waals surface area contributed by atoms with E-state index in [0.717, 1.165) is 83.5 Å². The molecule has 1 rings (SSSR count). The molecule has 0 spiro atoms. The second-order valence-corrected chi connectivity index (χ2v) is 11.4. The van der Waals surface area contributed by atoms with E-state index in [1.54, 1.807) is 0 Å². The van der Waals surface area contributed by atoms with Crippen molar-refractivity contribution in [2.24, 2.45) is 0 Å². The summed E-state index contributed by atoms with van der Waals surface area (Å²) in [7, 11) is 0. The molecule has 3 N–H and O–H groups in total. The zero-order valence-electron chi connectivity index (χ0n) is 25.7. The molecule has 1 fully saturated rings. The largest absolute Gasteiger partial charge is 0.464 e. The molecule has 0 aromatic heterocycles. The Morgan fingerprint density at radius 2 is 0.725 bits per heavy atom. The van der Waals surface area contributed by atoms with E-state index in [1.165, 1.54) is 0 Å². The van der Waals surface area contributed by atoms with Crippen LogP contribution in [-0.2, 0) is 28.6 Å². The first-order chi connectivity index (χ1) is 19.4. The molecular weight excluding hydrogens is 510 g/mol. The summed E-state index contributed by atoms with van der Waals surface area (Å²) < 4.78 is 16.1. The van der Waals surface area contributed by atoms with Gasteiger partial charge in [-0.25, -0.2) is 0 Å². The molecule has 1 aliphatic rings. The summed E-state index contributed by atoms with van der Waals surface area (Å²) in [5.41, 5.74) is 0. The van der Waals surface area contributed by atoms with E-state index in [-0.39, 0.29) is 17.9 Å². The third-order valence-corrected chi connectivity index (χ3v) is 7.38. The number of nitrogens with one attached hydrogen (secondary N) is 3. The third-order valence-electron chi connectivity index (χ3n) is 7.38. The maximum absolute atomic E-state index is 12.0. The molecular formula is C31H59N3O6. The Morgan fingerprint density at radius 3 is 1.05 bits per heavy atom. The molecule has 0 aromatic carbocycles. The van der Waals surface area contributed by atoms with Crippen LogP contribution < -0.4 is 16.0 Å². The van der Waals surface area contributed by atoms with Gasteiger partial charge in [0, 0.05) is 57.0 Å². The van der Waals surface area contributed by atoms with Crippen LogP contribution >= 0.6 is 0 Å². The van der Waals surface area contributed by atoms with E-state index in [9.17, 15) is 14.4 Å². The molecule has 1 saturated heterocycles. The fourth-order valence-electron chi connectivity index (χ4n) is 4.80. The van der Waals surface area contributed by atoms with Gasteiger partial charge in [0.2, 0.25) is 0 Å². The van der Waals surface area contributed by atoms with Gasteiger partial charge in [0.1, 0.15) is 19.8 Å². The van der Waals surface area contributed by atoms with Crippen molar-refractivity contribution in [3.05, 3.63) is 0 Å². The Bertz CT molecular complexity index is 663. The van der Waals surface area contributed by atoms with Gasteiger partial charge in [0.25, 0.3) is 0 Å². The highest BCUT2D eigenvalue weighted by atomic mass is 16.5. The van der Waals surface area contributed by atoms with Gasteiger partial charge < -0.3 is 30.2 Å². The SMILES string of the molecule is CC1CCCCCCC(=O)OCCNC(C)CCCCCC(=O)OCCNC(C)CCCCCC(=O)OCCN1. The molecule has 0 amide bonds. The van der Waals surface area contributed by atoms with E-state index >= 15 is 0 Å². The van der Waals surface area contributed by atoms with Gasteiger partial charge in [-0.1, -0.05) is 44.9 Å². The van der Waals surface area contributed by atoms with Crippen LogP contribution in [0.15, 0.2) is 0 Å². The van der Waals surface area contributed by atoms with E-state index in [2.05, 4.69) is 36.7 Å².